The summed E-state index contributed by atoms with van der Waals surface area (Å²) < 4.78 is 4.62. The second kappa shape index (κ2) is 5.83. The summed E-state index contributed by atoms with van der Waals surface area (Å²) in [6.07, 6.45) is 3.60. The van der Waals surface area contributed by atoms with E-state index < -0.39 is 0 Å². The average molecular weight is 339 g/mol. The van der Waals surface area contributed by atoms with E-state index in [1.165, 1.54) is 0 Å². The molecule has 0 aliphatic carbocycles. The third kappa shape index (κ3) is 2.95. The first-order chi connectivity index (χ1) is 9.40. The molecule has 108 valence electrons. The zero-order valence-electron chi connectivity index (χ0n) is 12.1. The summed E-state index contributed by atoms with van der Waals surface area (Å²) in [6.45, 7) is 8.13. The van der Waals surface area contributed by atoms with Gasteiger partial charge in [-0.15, -0.1) is 0 Å². The smallest absolute Gasteiger partial charge is 0.273 e. The largest absolute Gasteiger partial charge is 0.340 e. The number of nitrogens with one attached hydrogen (secondary N) is 1. The molecule has 0 aliphatic rings. The van der Waals surface area contributed by atoms with E-state index in [1.54, 1.807) is 16.9 Å². The Balaban J connectivity index is 2.26. The number of aromatic nitrogens is 3. The summed E-state index contributed by atoms with van der Waals surface area (Å²) in [6, 6.07) is 4.04. The predicted molar refractivity (Wildman–Crippen MR) is 83.1 cm³/mol. The van der Waals surface area contributed by atoms with E-state index >= 15 is 0 Å². The molecule has 1 amide bonds. The Morgan fingerprint density at radius 3 is 2.60 bits per heavy atom. The number of rotatable bonds is 4. The molecule has 2 rings (SSSR count). The van der Waals surface area contributed by atoms with Gasteiger partial charge in [-0.25, -0.2) is 4.68 Å². The van der Waals surface area contributed by atoms with Crippen molar-refractivity contribution < 1.29 is 4.79 Å². The molecule has 0 saturated carbocycles. The van der Waals surface area contributed by atoms with E-state index in [-0.39, 0.29) is 18.0 Å². The van der Waals surface area contributed by atoms with Gasteiger partial charge in [-0.05, 0) is 49.7 Å². The van der Waals surface area contributed by atoms with Crippen molar-refractivity contribution >= 4 is 27.7 Å². The topological polar surface area (TPSA) is 51.9 Å². The minimum atomic E-state index is -0.133. The van der Waals surface area contributed by atoms with Crippen LogP contribution in [0.1, 0.15) is 50.3 Å². The highest BCUT2D eigenvalue weighted by molar-refractivity contribution is 9.10. The van der Waals surface area contributed by atoms with Crippen LogP contribution in [0.2, 0.25) is 0 Å². The lowest BCUT2D eigenvalue weighted by Crippen LogP contribution is -2.20. The van der Waals surface area contributed by atoms with Crippen LogP contribution >= 0.6 is 15.9 Å². The summed E-state index contributed by atoms with van der Waals surface area (Å²) in [5.74, 6) is 0.574. The number of anilines is 1. The molecule has 0 aromatic carbocycles. The van der Waals surface area contributed by atoms with Crippen LogP contribution in [0.25, 0.3) is 0 Å². The van der Waals surface area contributed by atoms with Gasteiger partial charge in [0.15, 0.2) is 0 Å². The van der Waals surface area contributed by atoms with Gasteiger partial charge in [-0.3, -0.25) is 4.79 Å². The number of carbonyl (C=O) groups excluding carboxylic acids is 1. The van der Waals surface area contributed by atoms with Crippen molar-refractivity contribution in [3.63, 3.8) is 0 Å². The molecule has 5 nitrogen and oxygen atoms in total. The maximum absolute atomic E-state index is 12.4. The van der Waals surface area contributed by atoms with E-state index in [9.17, 15) is 4.79 Å². The fourth-order valence-electron chi connectivity index (χ4n) is 2.06. The number of halogens is 1. The first-order valence-corrected chi connectivity index (χ1v) is 7.41. The lowest BCUT2D eigenvalue weighted by atomic mass is 10.3. The summed E-state index contributed by atoms with van der Waals surface area (Å²) in [7, 11) is 0. The van der Waals surface area contributed by atoms with Gasteiger partial charge in [0.2, 0.25) is 0 Å². The highest BCUT2D eigenvalue weighted by Gasteiger charge is 2.17. The zero-order chi connectivity index (χ0) is 14.9. The van der Waals surface area contributed by atoms with Gasteiger partial charge in [0.05, 0.1) is 6.20 Å². The van der Waals surface area contributed by atoms with Crippen LogP contribution in [-0.4, -0.2) is 20.3 Å². The van der Waals surface area contributed by atoms with Crippen molar-refractivity contribution in [2.75, 3.05) is 5.32 Å². The maximum atomic E-state index is 12.4. The Bertz CT molecular complexity index is 612. The van der Waals surface area contributed by atoms with Crippen LogP contribution in [0.4, 0.5) is 5.82 Å². The zero-order valence-corrected chi connectivity index (χ0v) is 13.7. The molecule has 0 atom stereocenters. The minimum absolute atomic E-state index is 0.133. The number of amides is 1. The van der Waals surface area contributed by atoms with E-state index in [2.05, 4.69) is 26.3 Å². The highest BCUT2D eigenvalue weighted by atomic mass is 79.9. The van der Waals surface area contributed by atoms with Crippen LogP contribution < -0.4 is 5.32 Å². The Hall–Kier alpha value is -1.56. The van der Waals surface area contributed by atoms with Crippen molar-refractivity contribution in [3.05, 3.63) is 34.7 Å². The van der Waals surface area contributed by atoms with Gasteiger partial charge in [0.25, 0.3) is 5.91 Å². The molecular formula is C14H19BrN4O. The Kier molecular flexibility index (Phi) is 4.32. The Morgan fingerprint density at radius 1 is 1.30 bits per heavy atom. The first kappa shape index (κ1) is 14.8. The molecule has 2 aromatic rings. The monoisotopic (exact) mass is 338 g/mol. The van der Waals surface area contributed by atoms with E-state index in [1.807, 2.05) is 44.5 Å². The summed E-state index contributed by atoms with van der Waals surface area (Å²) in [5, 5.41) is 7.13. The molecule has 0 spiro atoms. The molecule has 2 heterocycles. The second-order valence-corrected chi connectivity index (χ2v) is 6.17. The Labute approximate surface area is 127 Å². The molecule has 2 aromatic heterocycles. The van der Waals surface area contributed by atoms with Gasteiger partial charge in [0.1, 0.15) is 11.5 Å². The molecule has 0 saturated heterocycles. The molecule has 0 radical (unpaired) electrons. The standard InChI is InChI=1S/C14H19BrN4O/c1-9(2)18-8-11(15)7-12(18)14(20)17-13-5-6-16-19(13)10(3)4/h5-10H,1-4H3,(H,17,20). The Morgan fingerprint density at radius 2 is 2.00 bits per heavy atom. The molecule has 6 heteroatoms. The lowest BCUT2D eigenvalue weighted by molar-refractivity contribution is 0.101. The number of hydrogen-bond donors (Lipinski definition) is 1. The summed E-state index contributed by atoms with van der Waals surface area (Å²) in [4.78, 5) is 12.4. The average Bonchev–Trinajstić information content (AvgIpc) is 2.95. The number of hydrogen-bond acceptors (Lipinski definition) is 2. The molecule has 0 fully saturated rings. The van der Waals surface area contributed by atoms with E-state index in [0.717, 1.165) is 4.47 Å². The fraction of sp³-hybridized carbons (Fsp3) is 0.429. The molecule has 0 bridgehead atoms. The summed E-state index contributed by atoms with van der Waals surface area (Å²) in [5.41, 5.74) is 0.628. The van der Waals surface area contributed by atoms with Gasteiger partial charge in [0, 0.05) is 28.8 Å². The molecule has 0 aliphatic heterocycles. The molecular weight excluding hydrogens is 320 g/mol. The predicted octanol–water partition coefficient (Wildman–Crippen LogP) is 3.86. The van der Waals surface area contributed by atoms with Crippen molar-refractivity contribution in [2.45, 2.75) is 39.8 Å². The van der Waals surface area contributed by atoms with Gasteiger partial charge < -0.3 is 9.88 Å². The van der Waals surface area contributed by atoms with E-state index in [4.69, 9.17) is 0 Å². The van der Waals surface area contributed by atoms with Crippen LogP contribution in [0.5, 0.6) is 0 Å². The molecule has 0 unspecified atom stereocenters. The SMILES string of the molecule is CC(C)n1cc(Br)cc1C(=O)Nc1ccnn1C(C)C. The maximum Gasteiger partial charge on any atom is 0.273 e. The van der Waals surface area contributed by atoms with Crippen LogP contribution in [-0.2, 0) is 0 Å². The number of nitrogens with zero attached hydrogens (tertiary/aromatic N) is 3. The van der Waals surface area contributed by atoms with Gasteiger partial charge in [-0.2, -0.15) is 5.10 Å². The molecule has 20 heavy (non-hydrogen) atoms. The first-order valence-electron chi connectivity index (χ1n) is 6.62. The van der Waals surface area contributed by atoms with Crippen molar-refractivity contribution in [1.29, 1.82) is 0 Å². The van der Waals surface area contributed by atoms with Crippen molar-refractivity contribution in [2.24, 2.45) is 0 Å². The van der Waals surface area contributed by atoms with Crippen molar-refractivity contribution in [3.8, 4) is 0 Å². The van der Waals surface area contributed by atoms with Gasteiger partial charge >= 0.3 is 0 Å². The molecule has 1 N–H and O–H groups in total. The quantitative estimate of drug-likeness (QED) is 0.920. The normalized spacial score (nSPS) is 11.3. The third-order valence-electron chi connectivity index (χ3n) is 3.01. The van der Waals surface area contributed by atoms with Crippen LogP contribution in [0.3, 0.4) is 0 Å². The lowest BCUT2D eigenvalue weighted by Gasteiger charge is -2.14. The minimum Gasteiger partial charge on any atom is -0.340 e. The van der Waals surface area contributed by atoms with Gasteiger partial charge in [-0.1, -0.05) is 0 Å². The number of carbonyl (C=O) groups is 1. The third-order valence-corrected chi connectivity index (χ3v) is 3.44. The van der Waals surface area contributed by atoms with Crippen molar-refractivity contribution in [1.82, 2.24) is 14.3 Å². The fourth-order valence-corrected chi connectivity index (χ4v) is 2.50. The van der Waals surface area contributed by atoms with E-state index in [0.29, 0.717) is 11.5 Å². The highest BCUT2D eigenvalue weighted by Crippen LogP contribution is 2.21. The summed E-state index contributed by atoms with van der Waals surface area (Å²) >= 11 is 3.42. The van der Waals surface area contributed by atoms with Crippen LogP contribution in [0, 0.1) is 0 Å². The van der Waals surface area contributed by atoms with Crippen LogP contribution in [0.15, 0.2) is 29.0 Å². The second-order valence-electron chi connectivity index (χ2n) is 5.25.